The lowest BCUT2D eigenvalue weighted by molar-refractivity contribution is -0.150. The highest BCUT2D eigenvalue weighted by Crippen LogP contribution is 2.24. The van der Waals surface area contributed by atoms with Crippen LogP contribution in [-0.4, -0.2) is 20.6 Å². The van der Waals surface area contributed by atoms with E-state index in [1.54, 1.807) is 11.6 Å². The van der Waals surface area contributed by atoms with Crippen LogP contribution in [0.5, 0.6) is 0 Å². The van der Waals surface area contributed by atoms with Gasteiger partial charge >= 0.3 is 6.18 Å². The average Bonchev–Trinajstić information content (AvgIpc) is 2.27. The average molecular weight is 291 g/mol. The molecule has 1 aromatic carbocycles. The zero-order valence-corrected chi connectivity index (χ0v) is 10.8. The third-order valence-corrected chi connectivity index (χ3v) is 3.83. The van der Waals surface area contributed by atoms with Gasteiger partial charge in [-0.1, -0.05) is 17.7 Å². The predicted octanol–water partition coefficient (Wildman–Crippen LogP) is 2.23. The molecule has 0 heterocycles. The lowest BCUT2D eigenvalue weighted by Gasteiger charge is -2.19. The number of hydrogen-bond acceptors (Lipinski definition) is 2. The Kier molecular flexibility index (Phi) is 4.61. The molecule has 1 unspecified atom stereocenters. The SMILES string of the molecule is C#CCC(NS(=O)(=O)c1ccc(C)cc1)C(F)(F)F. The van der Waals surface area contributed by atoms with E-state index in [1.807, 2.05) is 5.92 Å². The van der Waals surface area contributed by atoms with E-state index in [4.69, 9.17) is 6.42 Å². The van der Waals surface area contributed by atoms with Crippen molar-refractivity contribution in [3.63, 3.8) is 0 Å². The van der Waals surface area contributed by atoms with Gasteiger partial charge in [0.05, 0.1) is 4.90 Å². The third-order valence-electron chi connectivity index (χ3n) is 2.35. The molecule has 104 valence electrons. The molecule has 7 heteroatoms. The first kappa shape index (κ1) is 15.5. The highest BCUT2D eigenvalue weighted by atomic mass is 32.2. The molecule has 1 N–H and O–H groups in total. The Hall–Kier alpha value is -1.52. The summed E-state index contributed by atoms with van der Waals surface area (Å²) in [6.07, 6.45) is -0.669. The van der Waals surface area contributed by atoms with Crippen molar-refractivity contribution >= 4 is 10.0 Å². The number of benzene rings is 1. The molecule has 0 aliphatic heterocycles. The molecule has 1 atom stereocenters. The summed E-state index contributed by atoms with van der Waals surface area (Å²) in [5.74, 6) is 1.81. The van der Waals surface area contributed by atoms with Crippen molar-refractivity contribution in [2.24, 2.45) is 0 Å². The molecule has 3 nitrogen and oxygen atoms in total. The Balaban J connectivity index is 3.01. The number of halogens is 3. The number of rotatable bonds is 4. The van der Waals surface area contributed by atoms with E-state index in [0.717, 1.165) is 5.56 Å². The fraction of sp³-hybridized carbons (Fsp3) is 0.333. The number of terminal acetylenes is 1. The number of nitrogens with one attached hydrogen (secondary N) is 1. The molecule has 0 saturated carbocycles. The minimum absolute atomic E-state index is 0.232. The summed E-state index contributed by atoms with van der Waals surface area (Å²) in [6.45, 7) is 1.74. The van der Waals surface area contributed by atoms with Crippen molar-refractivity contribution in [3.05, 3.63) is 29.8 Å². The first-order chi connectivity index (χ1) is 8.66. The van der Waals surface area contributed by atoms with Gasteiger partial charge < -0.3 is 0 Å². The molecule has 1 aromatic rings. The van der Waals surface area contributed by atoms with E-state index in [0.29, 0.717) is 0 Å². The van der Waals surface area contributed by atoms with Gasteiger partial charge in [-0.3, -0.25) is 0 Å². The van der Waals surface area contributed by atoms with Crippen molar-refractivity contribution < 1.29 is 21.6 Å². The Morgan fingerprint density at radius 1 is 1.32 bits per heavy atom. The first-order valence-electron chi connectivity index (χ1n) is 5.26. The topological polar surface area (TPSA) is 46.2 Å². The van der Waals surface area contributed by atoms with E-state index in [9.17, 15) is 21.6 Å². The second kappa shape index (κ2) is 5.63. The maximum atomic E-state index is 12.6. The number of aryl methyl sites for hydroxylation is 1. The van der Waals surface area contributed by atoms with E-state index in [1.165, 1.54) is 24.3 Å². The summed E-state index contributed by atoms with van der Waals surface area (Å²) >= 11 is 0. The maximum Gasteiger partial charge on any atom is 0.405 e. The highest BCUT2D eigenvalue weighted by molar-refractivity contribution is 7.89. The zero-order chi connectivity index (χ0) is 14.7. The Bertz CT molecular complexity index is 570. The lowest BCUT2D eigenvalue weighted by atomic mass is 10.2. The molecule has 0 aliphatic carbocycles. The largest absolute Gasteiger partial charge is 0.405 e. The zero-order valence-electron chi connectivity index (χ0n) is 10.0. The van der Waals surface area contributed by atoms with Gasteiger partial charge in [0.2, 0.25) is 10.0 Å². The molecule has 0 fully saturated rings. The van der Waals surface area contributed by atoms with Crippen LogP contribution >= 0.6 is 0 Å². The Labute approximate surface area is 109 Å². The maximum absolute atomic E-state index is 12.6. The van der Waals surface area contributed by atoms with Crippen LogP contribution in [0.15, 0.2) is 29.2 Å². The predicted molar refractivity (Wildman–Crippen MR) is 64.8 cm³/mol. The molecule has 1 rings (SSSR count). The van der Waals surface area contributed by atoms with Crippen molar-refractivity contribution in [1.82, 2.24) is 4.72 Å². The van der Waals surface area contributed by atoms with Gasteiger partial charge in [-0.25, -0.2) is 8.42 Å². The van der Waals surface area contributed by atoms with Crippen molar-refractivity contribution in [1.29, 1.82) is 0 Å². The summed E-state index contributed by atoms with van der Waals surface area (Å²) in [5, 5.41) is 0. The van der Waals surface area contributed by atoms with Gasteiger partial charge in [-0.2, -0.15) is 17.9 Å². The van der Waals surface area contributed by atoms with Crippen molar-refractivity contribution in [3.8, 4) is 12.3 Å². The van der Waals surface area contributed by atoms with Gasteiger partial charge in [-0.05, 0) is 19.1 Å². The molecule has 0 amide bonds. The third kappa shape index (κ3) is 4.26. The van der Waals surface area contributed by atoms with Crippen LogP contribution in [0.4, 0.5) is 13.2 Å². The molecule has 0 spiro atoms. The monoisotopic (exact) mass is 291 g/mol. The Morgan fingerprint density at radius 3 is 2.26 bits per heavy atom. The molecule has 0 aromatic heterocycles. The summed E-state index contributed by atoms with van der Waals surface area (Å²) in [4.78, 5) is -0.232. The summed E-state index contributed by atoms with van der Waals surface area (Å²) < 4.78 is 63.0. The second-order valence-electron chi connectivity index (χ2n) is 3.94. The minimum atomic E-state index is -4.73. The number of sulfonamides is 1. The molecular weight excluding hydrogens is 279 g/mol. The van der Waals surface area contributed by atoms with Gasteiger partial charge in [0.15, 0.2) is 0 Å². The standard InChI is InChI=1S/C12H12F3NO2S/c1-3-4-11(12(13,14)15)16-19(17,18)10-7-5-9(2)6-8-10/h1,5-8,11,16H,4H2,2H3. The number of hydrogen-bond donors (Lipinski definition) is 1. The number of alkyl halides is 3. The summed E-state index contributed by atoms with van der Waals surface area (Å²) in [7, 11) is -4.25. The van der Waals surface area contributed by atoms with Gasteiger partial charge in [0, 0.05) is 6.42 Å². The quantitative estimate of drug-likeness (QED) is 0.865. The summed E-state index contributed by atoms with van der Waals surface area (Å²) in [5.41, 5.74) is 0.801. The van der Waals surface area contributed by atoms with Crippen LogP contribution in [0.3, 0.4) is 0 Å². The van der Waals surface area contributed by atoms with Gasteiger partial charge in [0.25, 0.3) is 0 Å². The molecule has 19 heavy (non-hydrogen) atoms. The van der Waals surface area contributed by atoms with Crippen LogP contribution < -0.4 is 4.72 Å². The molecule has 0 aliphatic rings. The first-order valence-corrected chi connectivity index (χ1v) is 6.74. The highest BCUT2D eigenvalue weighted by Gasteiger charge is 2.41. The lowest BCUT2D eigenvalue weighted by Crippen LogP contribution is -2.45. The fourth-order valence-corrected chi connectivity index (χ4v) is 2.54. The van der Waals surface area contributed by atoms with Crippen molar-refractivity contribution in [2.75, 3.05) is 0 Å². The van der Waals surface area contributed by atoms with E-state index >= 15 is 0 Å². The summed E-state index contributed by atoms with van der Waals surface area (Å²) in [6, 6.07) is 3.18. The van der Waals surface area contributed by atoms with E-state index < -0.39 is 28.7 Å². The normalized spacial score (nSPS) is 13.8. The molecular formula is C12H12F3NO2S. The van der Waals surface area contributed by atoms with E-state index in [2.05, 4.69) is 0 Å². The fourth-order valence-electron chi connectivity index (χ4n) is 1.31. The Morgan fingerprint density at radius 2 is 1.84 bits per heavy atom. The van der Waals surface area contributed by atoms with Gasteiger partial charge in [-0.15, -0.1) is 12.3 Å². The van der Waals surface area contributed by atoms with Crippen LogP contribution in [0.2, 0.25) is 0 Å². The molecule has 0 radical (unpaired) electrons. The molecule has 0 saturated heterocycles. The van der Waals surface area contributed by atoms with Gasteiger partial charge in [0.1, 0.15) is 6.04 Å². The van der Waals surface area contributed by atoms with Crippen molar-refractivity contribution in [2.45, 2.75) is 30.5 Å². The second-order valence-corrected chi connectivity index (χ2v) is 5.65. The molecule has 0 bridgehead atoms. The van der Waals surface area contributed by atoms with Crippen LogP contribution in [0.1, 0.15) is 12.0 Å². The van der Waals surface area contributed by atoms with Crippen LogP contribution in [0.25, 0.3) is 0 Å². The smallest absolute Gasteiger partial charge is 0.207 e. The van der Waals surface area contributed by atoms with Crippen LogP contribution in [0, 0.1) is 19.3 Å². The van der Waals surface area contributed by atoms with Crippen LogP contribution in [-0.2, 0) is 10.0 Å². The van der Waals surface area contributed by atoms with E-state index in [-0.39, 0.29) is 4.90 Å². The minimum Gasteiger partial charge on any atom is -0.207 e.